The van der Waals surface area contributed by atoms with E-state index in [1.165, 1.54) is 0 Å². The zero-order valence-corrected chi connectivity index (χ0v) is 7.33. The molecule has 62 valence electrons. The molecule has 2 nitrogen and oxygen atoms in total. The van der Waals surface area contributed by atoms with E-state index in [1.54, 1.807) is 6.20 Å². The van der Waals surface area contributed by atoms with E-state index in [2.05, 4.69) is 16.8 Å². The lowest BCUT2D eigenvalue weighted by Crippen LogP contribution is -2.29. The van der Waals surface area contributed by atoms with Gasteiger partial charge in [0, 0.05) is 6.20 Å². The first-order valence-corrected chi connectivity index (χ1v) is 3.81. The van der Waals surface area contributed by atoms with Gasteiger partial charge in [-0.25, -0.2) is 4.98 Å². The van der Waals surface area contributed by atoms with Crippen LogP contribution < -0.4 is 5.73 Å². The Morgan fingerprint density at radius 2 is 2.17 bits per heavy atom. The summed E-state index contributed by atoms with van der Waals surface area (Å²) in [5, 5.41) is 0. The summed E-state index contributed by atoms with van der Waals surface area (Å²) >= 11 is 0. The van der Waals surface area contributed by atoms with Gasteiger partial charge < -0.3 is 5.73 Å². The van der Waals surface area contributed by atoms with E-state index in [-0.39, 0.29) is 0 Å². The zero-order chi connectivity index (χ0) is 9.03. The molecular formula is C10H12N2. The summed E-state index contributed by atoms with van der Waals surface area (Å²) in [4.78, 5) is 4.05. The highest BCUT2D eigenvalue weighted by Gasteiger charge is 2.03. The number of rotatable bonds is 0. The van der Waals surface area contributed by atoms with Gasteiger partial charge in [-0.1, -0.05) is 12.0 Å². The molecule has 0 aromatic carbocycles. The topological polar surface area (TPSA) is 38.9 Å². The summed E-state index contributed by atoms with van der Waals surface area (Å²) in [5.41, 5.74) is 6.00. The van der Waals surface area contributed by atoms with Gasteiger partial charge in [0.1, 0.15) is 5.69 Å². The quantitative estimate of drug-likeness (QED) is 0.579. The third-order valence-electron chi connectivity index (χ3n) is 1.18. The minimum absolute atomic E-state index is 0.447. The Bertz CT molecular complexity index is 298. The number of hydrogen-bond acceptors (Lipinski definition) is 2. The van der Waals surface area contributed by atoms with Crippen LogP contribution in [0.2, 0.25) is 0 Å². The number of pyridine rings is 1. The molecule has 2 heteroatoms. The second-order valence-electron chi connectivity index (χ2n) is 3.19. The molecule has 0 radical (unpaired) electrons. The Morgan fingerprint density at radius 3 is 2.67 bits per heavy atom. The predicted molar refractivity (Wildman–Crippen MR) is 49.4 cm³/mol. The number of nitrogens with two attached hydrogens (primary N) is 1. The van der Waals surface area contributed by atoms with Gasteiger partial charge >= 0.3 is 0 Å². The van der Waals surface area contributed by atoms with Crippen molar-refractivity contribution in [1.29, 1.82) is 0 Å². The Balaban J connectivity index is 2.81. The number of nitrogens with zero attached hydrogens (tertiary/aromatic N) is 1. The van der Waals surface area contributed by atoms with Crippen LogP contribution in [0.3, 0.4) is 0 Å². The summed E-state index contributed by atoms with van der Waals surface area (Å²) in [6, 6.07) is 5.62. The summed E-state index contributed by atoms with van der Waals surface area (Å²) < 4.78 is 0. The van der Waals surface area contributed by atoms with E-state index in [9.17, 15) is 0 Å². The third kappa shape index (κ3) is 3.18. The smallest absolute Gasteiger partial charge is 0.113 e. The normalized spacial score (nSPS) is 10.2. The van der Waals surface area contributed by atoms with Crippen molar-refractivity contribution in [2.45, 2.75) is 19.4 Å². The van der Waals surface area contributed by atoms with Gasteiger partial charge in [0.25, 0.3) is 0 Å². The molecule has 1 aromatic heterocycles. The van der Waals surface area contributed by atoms with Crippen LogP contribution in [0.15, 0.2) is 24.4 Å². The maximum atomic E-state index is 5.68. The Kier molecular flexibility index (Phi) is 2.47. The van der Waals surface area contributed by atoms with Crippen LogP contribution in [-0.2, 0) is 0 Å². The maximum absolute atomic E-state index is 5.68. The molecule has 0 amide bonds. The predicted octanol–water partition coefficient (Wildman–Crippen LogP) is 1.17. The second-order valence-corrected chi connectivity index (χ2v) is 3.19. The summed E-state index contributed by atoms with van der Waals surface area (Å²) in [5.74, 6) is 5.80. The van der Waals surface area contributed by atoms with Gasteiger partial charge in [-0.3, -0.25) is 0 Å². The average molecular weight is 160 g/mol. The SMILES string of the molecule is CC(C)(N)C#Cc1ccccn1. The molecule has 1 heterocycles. The van der Waals surface area contributed by atoms with Gasteiger partial charge in [0.15, 0.2) is 0 Å². The first kappa shape index (κ1) is 8.76. The maximum Gasteiger partial charge on any atom is 0.113 e. The fourth-order valence-corrected chi connectivity index (χ4v) is 0.662. The van der Waals surface area contributed by atoms with Crippen molar-refractivity contribution < 1.29 is 0 Å². The van der Waals surface area contributed by atoms with Crippen LogP contribution >= 0.6 is 0 Å². The van der Waals surface area contributed by atoms with Crippen molar-refractivity contribution in [3.05, 3.63) is 30.1 Å². The lowest BCUT2D eigenvalue weighted by molar-refractivity contribution is 0.680. The van der Waals surface area contributed by atoms with E-state index in [4.69, 9.17) is 5.73 Å². The molecule has 1 rings (SSSR count). The largest absolute Gasteiger partial charge is 0.316 e. The lowest BCUT2D eigenvalue weighted by atomic mass is 10.1. The van der Waals surface area contributed by atoms with E-state index >= 15 is 0 Å². The van der Waals surface area contributed by atoms with E-state index < -0.39 is 5.54 Å². The van der Waals surface area contributed by atoms with Gasteiger partial charge in [-0.15, -0.1) is 0 Å². The second kappa shape index (κ2) is 3.38. The molecule has 0 aliphatic carbocycles. The molecule has 0 aliphatic rings. The van der Waals surface area contributed by atoms with Crippen LogP contribution in [0.5, 0.6) is 0 Å². The molecule has 0 saturated carbocycles. The van der Waals surface area contributed by atoms with Crippen LogP contribution in [0, 0.1) is 11.8 Å². The van der Waals surface area contributed by atoms with Gasteiger partial charge in [0.2, 0.25) is 0 Å². The standard InChI is InChI=1S/C10H12N2/c1-10(2,11)7-6-9-5-3-4-8-12-9/h3-5,8H,11H2,1-2H3. The third-order valence-corrected chi connectivity index (χ3v) is 1.18. The monoisotopic (exact) mass is 160 g/mol. The molecule has 0 aliphatic heterocycles. The van der Waals surface area contributed by atoms with Crippen LogP contribution in [0.1, 0.15) is 19.5 Å². The highest BCUT2D eigenvalue weighted by atomic mass is 14.7. The first-order valence-electron chi connectivity index (χ1n) is 3.81. The fourth-order valence-electron chi connectivity index (χ4n) is 0.662. The molecule has 0 bridgehead atoms. The Labute approximate surface area is 72.8 Å². The molecule has 12 heavy (non-hydrogen) atoms. The van der Waals surface area contributed by atoms with Crippen LogP contribution in [0.25, 0.3) is 0 Å². The fraction of sp³-hybridized carbons (Fsp3) is 0.300. The first-order chi connectivity index (χ1) is 5.58. The highest BCUT2D eigenvalue weighted by molar-refractivity contribution is 5.29. The number of aromatic nitrogens is 1. The minimum Gasteiger partial charge on any atom is -0.316 e. The Hall–Kier alpha value is -1.33. The van der Waals surface area contributed by atoms with Crippen molar-refractivity contribution in [3.8, 4) is 11.8 Å². The van der Waals surface area contributed by atoms with Crippen LogP contribution in [0.4, 0.5) is 0 Å². The molecule has 0 unspecified atom stereocenters. The van der Waals surface area contributed by atoms with Crippen molar-refractivity contribution in [1.82, 2.24) is 4.98 Å². The molecule has 0 atom stereocenters. The van der Waals surface area contributed by atoms with Crippen LogP contribution in [-0.4, -0.2) is 10.5 Å². The average Bonchev–Trinajstić information content (AvgIpc) is 2.02. The molecular weight excluding hydrogens is 148 g/mol. The minimum atomic E-state index is -0.447. The van der Waals surface area contributed by atoms with Gasteiger partial charge in [0.05, 0.1) is 5.54 Å². The van der Waals surface area contributed by atoms with Crippen molar-refractivity contribution in [3.63, 3.8) is 0 Å². The Morgan fingerprint density at radius 1 is 1.42 bits per heavy atom. The van der Waals surface area contributed by atoms with Gasteiger partial charge in [-0.05, 0) is 31.9 Å². The van der Waals surface area contributed by atoms with Crippen molar-refractivity contribution >= 4 is 0 Å². The summed E-state index contributed by atoms with van der Waals surface area (Å²) in [6.07, 6.45) is 1.72. The molecule has 1 aromatic rings. The van der Waals surface area contributed by atoms with Crippen molar-refractivity contribution in [2.75, 3.05) is 0 Å². The highest BCUT2D eigenvalue weighted by Crippen LogP contribution is 1.94. The summed E-state index contributed by atoms with van der Waals surface area (Å²) in [6.45, 7) is 3.73. The van der Waals surface area contributed by atoms with E-state index in [0.29, 0.717) is 0 Å². The molecule has 2 N–H and O–H groups in total. The zero-order valence-electron chi connectivity index (χ0n) is 7.33. The van der Waals surface area contributed by atoms with E-state index in [1.807, 2.05) is 32.0 Å². The van der Waals surface area contributed by atoms with Gasteiger partial charge in [-0.2, -0.15) is 0 Å². The molecule has 0 fully saturated rings. The molecule has 0 spiro atoms. The lowest BCUT2D eigenvalue weighted by Gasteiger charge is -2.06. The van der Waals surface area contributed by atoms with E-state index in [0.717, 1.165) is 5.69 Å². The van der Waals surface area contributed by atoms with Crippen molar-refractivity contribution in [2.24, 2.45) is 5.73 Å². The summed E-state index contributed by atoms with van der Waals surface area (Å²) in [7, 11) is 0. The number of hydrogen-bond donors (Lipinski definition) is 1. The molecule has 0 saturated heterocycles.